The minimum atomic E-state index is -3.91. The molecule has 6 nitrogen and oxygen atoms in total. The zero-order valence-corrected chi connectivity index (χ0v) is 19.7. The Morgan fingerprint density at radius 2 is 1.94 bits per heavy atom. The van der Waals surface area contributed by atoms with E-state index in [1.807, 2.05) is 0 Å². The third-order valence-electron chi connectivity index (χ3n) is 4.80. The Morgan fingerprint density at radius 1 is 1.22 bits per heavy atom. The van der Waals surface area contributed by atoms with E-state index in [0.717, 1.165) is 24.1 Å². The van der Waals surface area contributed by atoms with Crippen LogP contribution in [0.1, 0.15) is 12.0 Å². The Morgan fingerprint density at radius 3 is 2.59 bits per heavy atom. The molecule has 1 atom stereocenters. The number of nitrogens with one attached hydrogen (secondary N) is 2. The van der Waals surface area contributed by atoms with Crippen LogP contribution in [0, 0.1) is 5.82 Å². The summed E-state index contributed by atoms with van der Waals surface area (Å²) in [4.78, 5) is 3.81. The van der Waals surface area contributed by atoms with Crippen LogP contribution in [0.5, 0.6) is 5.75 Å². The molecule has 0 aliphatic carbocycles. The number of benzene rings is 2. The van der Waals surface area contributed by atoms with Crippen LogP contribution in [-0.4, -0.2) is 32.6 Å². The highest BCUT2D eigenvalue weighted by molar-refractivity contribution is 7.92. The first kappa shape index (κ1) is 23.0. The van der Waals surface area contributed by atoms with Gasteiger partial charge in [-0.2, -0.15) is 0 Å². The van der Waals surface area contributed by atoms with Gasteiger partial charge in [-0.05, 0) is 48.4 Å². The molecule has 4 rings (SSSR count). The van der Waals surface area contributed by atoms with Crippen LogP contribution in [0.2, 0.25) is 10.0 Å². The van der Waals surface area contributed by atoms with Gasteiger partial charge in [-0.3, -0.25) is 4.72 Å². The van der Waals surface area contributed by atoms with Crippen molar-refractivity contribution in [2.45, 2.75) is 17.4 Å². The Bertz CT molecular complexity index is 1210. The first-order valence-electron chi connectivity index (χ1n) is 9.56. The Kier molecular flexibility index (Phi) is 7.02. The van der Waals surface area contributed by atoms with Gasteiger partial charge in [0.2, 0.25) is 0 Å². The zero-order valence-electron chi connectivity index (χ0n) is 16.5. The standard InChI is InChI=1S/C21H18Cl2FN3O3S2/c22-17-8-15(32(28,29)27-20-11-31-12-26-20)9-18(23)21(17)30-10-19-16(2-1-7-25-19)13-3-5-14(24)6-4-13/h2-6,8-9,11-12,19,25,27H,1,7,10H2. The van der Waals surface area contributed by atoms with Crippen molar-refractivity contribution in [3.63, 3.8) is 0 Å². The molecule has 1 unspecified atom stereocenters. The van der Waals surface area contributed by atoms with E-state index in [1.54, 1.807) is 17.5 Å². The van der Waals surface area contributed by atoms with Gasteiger partial charge in [0.05, 0.1) is 26.5 Å². The van der Waals surface area contributed by atoms with E-state index in [0.29, 0.717) is 0 Å². The van der Waals surface area contributed by atoms with Crippen molar-refractivity contribution in [2.75, 3.05) is 17.9 Å². The van der Waals surface area contributed by atoms with Gasteiger partial charge in [-0.25, -0.2) is 17.8 Å². The Labute approximate surface area is 199 Å². The number of anilines is 1. The van der Waals surface area contributed by atoms with Crippen molar-refractivity contribution in [1.82, 2.24) is 10.3 Å². The van der Waals surface area contributed by atoms with E-state index < -0.39 is 10.0 Å². The van der Waals surface area contributed by atoms with Crippen LogP contribution in [0.4, 0.5) is 10.2 Å². The fraction of sp³-hybridized carbons (Fsp3) is 0.190. The molecule has 2 N–H and O–H groups in total. The highest BCUT2D eigenvalue weighted by Gasteiger charge is 2.23. The number of ether oxygens (including phenoxy) is 1. The minimum Gasteiger partial charge on any atom is -0.488 e. The summed E-state index contributed by atoms with van der Waals surface area (Å²) in [5.41, 5.74) is 3.39. The van der Waals surface area contributed by atoms with Gasteiger partial charge >= 0.3 is 0 Å². The molecule has 3 aromatic rings. The van der Waals surface area contributed by atoms with Crippen molar-refractivity contribution < 1.29 is 17.5 Å². The molecule has 11 heteroatoms. The van der Waals surface area contributed by atoms with E-state index in [9.17, 15) is 12.8 Å². The van der Waals surface area contributed by atoms with Crippen LogP contribution in [0.15, 0.2) is 58.3 Å². The fourth-order valence-corrected chi connectivity index (χ4v) is 5.64. The van der Waals surface area contributed by atoms with Gasteiger partial charge in [-0.15, -0.1) is 11.3 Å². The number of halogens is 3. The normalized spacial score (nSPS) is 16.5. The molecule has 1 aliphatic heterocycles. The average molecular weight is 514 g/mol. The van der Waals surface area contributed by atoms with Crippen molar-refractivity contribution in [3.8, 4) is 5.75 Å². The molecule has 1 aromatic heterocycles. The summed E-state index contributed by atoms with van der Waals surface area (Å²) in [5.74, 6) is 0.0987. The average Bonchev–Trinajstić information content (AvgIpc) is 3.26. The molecule has 2 heterocycles. The summed E-state index contributed by atoms with van der Waals surface area (Å²) in [7, 11) is -3.91. The fourth-order valence-electron chi connectivity index (χ4n) is 3.30. The van der Waals surface area contributed by atoms with E-state index in [2.05, 4.69) is 21.1 Å². The Balaban J connectivity index is 1.51. The molecule has 2 aromatic carbocycles. The monoisotopic (exact) mass is 513 g/mol. The second-order valence-electron chi connectivity index (χ2n) is 6.97. The van der Waals surface area contributed by atoms with Crippen LogP contribution in [0.3, 0.4) is 0 Å². The van der Waals surface area contributed by atoms with E-state index in [4.69, 9.17) is 27.9 Å². The number of thiazole rings is 1. The molecule has 0 radical (unpaired) electrons. The lowest BCUT2D eigenvalue weighted by atomic mass is 9.95. The molecule has 168 valence electrons. The predicted octanol–water partition coefficient (Wildman–Crippen LogP) is 5.21. The quantitative estimate of drug-likeness (QED) is 0.452. The van der Waals surface area contributed by atoms with Crippen molar-refractivity contribution >= 4 is 56.0 Å². The van der Waals surface area contributed by atoms with Crippen LogP contribution in [0.25, 0.3) is 5.57 Å². The highest BCUT2D eigenvalue weighted by Crippen LogP contribution is 2.36. The smallest absolute Gasteiger partial charge is 0.263 e. The lowest BCUT2D eigenvalue weighted by Crippen LogP contribution is -2.38. The van der Waals surface area contributed by atoms with Gasteiger partial charge < -0.3 is 10.1 Å². The molecule has 0 saturated carbocycles. The van der Waals surface area contributed by atoms with E-state index >= 15 is 0 Å². The predicted molar refractivity (Wildman–Crippen MR) is 126 cm³/mol. The maximum Gasteiger partial charge on any atom is 0.263 e. The summed E-state index contributed by atoms with van der Waals surface area (Å²) in [6.07, 6.45) is 2.92. The minimum absolute atomic E-state index is 0.0688. The van der Waals surface area contributed by atoms with Crippen LogP contribution in [-0.2, 0) is 10.0 Å². The second kappa shape index (κ2) is 9.76. The SMILES string of the molecule is O=S(=O)(Nc1cscn1)c1cc(Cl)c(OCC2NCCC=C2c2ccc(F)cc2)c(Cl)c1. The maximum atomic E-state index is 13.3. The number of hydrogen-bond donors (Lipinski definition) is 2. The first-order valence-corrected chi connectivity index (χ1v) is 12.7. The zero-order chi connectivity index (χ0) is 22.7. The molecule has 0 spiro atoms. The molecule has 0 saturated heterocycles. The lowest BCUT2D eigenvalue weighted by Gasteiger charge is -2.26. The van der Waals surface area contributed by atoms with E-state index in [-0.39, 0.29) is 45.0 Å². The summed E-state index contributed by atoms with van der Waals surface area (Å²) >= 11 is 13.9. The molecular weight excluding hydrogens is 496 g/mol. The third-order valence-corrected chi connectivity index (χ3v) is 7.28. The summed E-state index contributed by atoms with van der Waals surface area (Å²) < 4.78 is 46.7. The van der Waals surface area contributed by atoms with E-state index in [1.165, 1.54) is 41.1 Å². The summed E-state index contributed by atoms with van der Waals surface area (Å²) in [6.45, 7) is 0.964. The number of hydrogen-bond acceptors (Lipinski definition) is 6. The molecule has 0 fully saturated rings. The van der Waals surface area contributed by atoms with Gasteiger partial charge in [0.25, 0.3) is 10.0 Å². The first-order chi connectivity index (χ1) is 15.3. The molecular formula is C21H18Cl2FN3O3S2. The molecule has 1 aliphatic rings. The van der Waals surface area contributed by atoms with Crippen LogP contribution >= 0.6 is 34.5 Å². The largest absolute Gasteiger partial charge is 0.488 e. The van der Waals surface area contributed by atoms with Gasteiger partial charge in [0, 0.05) is 5.38 Å². The van der Waals surface area contributed by atoms with Crippen molar-refractivity contribution in [2.24, 2.45) is 0 Å². The van der Waals surface area contributed by atoms with Crippen molar-refractivity contribution in [1.29, 1.82) is 0 Å². The Hall–Kier alpha value is -2.17. The second-order valence-corrected chi connectivity index (χ2v) is 10.2. The lowest BCUT2D eigenvalue weighted by molar-refractivity contribution is 0.288. The molecule has 32 heavy (non-hydrogen) atoms. The van der Waals surface area contributed by atoms with Gasteiger partial charge in [-0.1, -0.05) is 41.4 Å². The third kappa shape index (κ3) is 5.24. The number of nitrogens with zero attached hydrogens (tertiary/aromatic N) is 1. The van der Waals surface area contributed by atoms with Gasteiger partial charge in [0.15, 0.2) is 11.6 Å². The van der Waals surface area contributed by atoms with Crippen molar-refractivity contribution in [3.05, 3.63) is 74.8 Å². The molecule has 0 bridgehead atoms. The number of rotatable bonds is 7. The highest BCUT2D eigenvalue weighted by atomic mass is 35.5. The summed E-state index contributed by atoms with van der Waals surface area (Å²) in [6, 6.07) is 8.65. The maximum absolute atomic E-state index is 13.3. The number of aromatic nitrogens is 1. The summed E-state index contributed by atoms with van der Waals surface area (Å²) in [5, 5.41) is 5.08. The van der Waals surface area contributed by atoms with Gasteiger partial charge in [0.1, 0.15) is 12.4 Å². The van der Waals surface area contributed by atoms with Crippen LogP contribution < -0.4 is 14.8 Å². The number of sulfonamides is 1. The molecule has 0 amide bonds. The topological polar surface area (TPSA) is 80.3 Å².